The average molecular weight is 248 g/mol. The van der Waals surface area contributed by atoms with E-state index in [9.17, 15) is 4.79 Å². The summed E-state index contributed by atoms with van der Waals surface area (Å²) < 4.78 is 1.88. The highest BCUT2D eigenvalue weighted by atomic mass is 16.1. The molecule has 0 unspecified atom stereocenters. The van der Waals surface area contributed by atoms with Gasteiger partial charge in [0.15, 0.2) is 5.78 Å². The van der Waals surface area contributed by atoms with Gasteiger partial charge in [-0.05, 0) is 12.3 Å². The number of carbonyl (C=O) groups is 1. The number of hydrogen-bond donors (Lipinski definition) is 0. The minimum atomic E-state index is 0.282. The first-order valence-electron chi connectivity index (χ1n) is 7.35. The normalized spacial score (nSPS) is 17.6. The maximum absolute atomic E-state index is 12.2. The van der Waals surface area contributed by atoms with Crippen LogP contribution in [0.3, 0.4) is 0 Å². The predicted octanol–water partition coefficient (Wildman–Crippen LogP) is 3.84. The van der Waals surface area contributed by atoms with Gasteiger partial charge >= 0.3 is 0 Å². The number of carbonyl (C=O) groups excluding carboxylic acids is 1. The molecule has 0 bridgehead atoms. The van der Waals surface area contributed by atoms with Gasteiger partial charge in [-0.25, -0.2) is 0 Å². The summed E-state index contributed by atoms with van der Waals surface area (Å²) in [6.45, 7) is 3.02. The monoisotopic (exact) mass is 248 g/mol. The van der Waals surface area contributed by atoms with Gasteiger partial charge in [-0.3, -0.25) is 9.48 Å². The maximum atomic E-state index is 12.2. The van der Waals surface area contributed by atoms with Crippen LogP contribution < -0.4 is 0 Å². The van der Waals surface area contributed by atoms with Gasteiger partial charge in [0.2, 0.25) is 0 Å². The number of Topliss-reactive ketones (excluding diaryl/α,β-unsaturated/α-hetero) is 1. The van der Waals surface area contributed by atoms with Gasteiger partial charge in [-0.2, -0.15) is 5.10 Å². The van der Waals surface area contributed by atoms with E-state index < -0.39 is 0 Å². The van der Waals surface area contributed by atoms with Crippen LogP contribution in [0.1, 0.15) is 68.6 Å². The summed E-state index contributed by atoms with van der Waals surface area (Å²) in [5, 5.41) is 4.23. The molecule has 3 nitrogen and oxygen atoms in total. The summed E-state index contributed by atoms with van der Waals surface area (Å²) in [7, 11) is 0. The number of aromatic nitrogens is 2. The second kappa shape index (κ2) is 6.72. The van der Waals surface area contributed by atoms with Crippen LogP contribution in [0, 0.1) is 5.92 Å². The van der Waals surface area contributed by atoms with Crippen LogP contribution in [0.25, 0.3) is 0 Å². The third-order valence-electron chi connectivity index (χ3n) is 3.86. The Hall–Kier alpha value is -1.12. The molecule has 0 radical (unpaired) electrons. The standard InChI is InChI=1S/C15H24N2O/c1-2-9-17-12-14(11-16-17)15(18)10-13-7-5-3-4-6-8-13/h11-13H,2-10H2,1H3. The molecule has 1 aliphatic rings. The molecule has 1 aromatic heterocycles. The lowest BCUT2D eigenvalue weighted by Gasteiger charge is -2.11. The number of rotatable bonds is 5. The van der Waals surface area contributed by atoms with Crippen LogP contribution >= 0.6 is 0 Å². The minimum Gasteiger partial charge on any atom is -0.294 e. The van der Waals surface area contributed by atoms with Gasteiger partial charge in [-0.15, -0.1) is 0 Å². The Labute approximate surface area is 110 Å². The molecule has 0 spiro atoms. The molecule has 1 fully saturated rings. The molecule has 3 heteroatoms. The van der Waals surface area contributed by atoms with E-state index in [1.165, 1.54) is 38.5 Å². The van der Waals surface area contributed by atoms with E-state index in [1.54, 1.807) is 6.20 Å². The molecule has 0 atom stereocenters. The second-order valence-electron chi connectivity index (χ2n) is 5.48. The molecule has 0 aromatic carbocycles. The Bertz CT molecular complexity index is 376. The molecular formula is C15H24N2O. The van der Waals surface area contributed by atoms with Crippen LogP contribution in [0.15, 0.2) is 12.4 Å². The van der Waals surface area contributed by atoms with E-state index in [2.05, 4.69) is 12.0 Å². The SMILES string of the molecule is CCCn1cc(C(=O)CC2CCCCCC2)cn1. The second-order valence-corrected chi connectivity index (χ2v) is 5.48. The summed E-state index contributed by atoms with van der Waals surface area (Å²) in [5.74, 6) is 0.888. The zero-order valence-electron chi connectivity index (χ0n) is 11.4. The lowest BCUT2D eigenvalue weighted by molar-refractivity contribution is 0.0957. The van der Waals surface area contributed by atoms with Crippen molar-refractivity contribution in [3.8, 4) is 0 Å². The third kappa shape index (κ3) is 3.69. The quantitative estimate of drug-likeness (QED) is 0.586. The van der Waals surface area contributed by atoms with Crippen molar-refractivity contribution < 1.29 is 4.79 Å². The molecule has 1 heterocycles. The Morgan fingerprint density at radius 1 is 1.33 bits per heavy atom. The van der Waals surface area contributed by atoms with Crippen molar-refractivity contribution in [2.24, 2.45) is 5.92 Å². The summed E-state index contributed by atoms with van der Waals surface area (Å²) in [6, 6.07) is 0. The fraction of sp³-hybridized carbons (Fsp3) is 0.733. The summed E-state index contributed by atoms with van der Waals surface area (Å²) >= 11 is 0. The number of ketones is 1. The molecule has 0 aliphatic heterocycles. The molecule has 1 saturated carbocycles. The van der Waals surface area contributed by atoms with E-state index in [1.807, 2.05) is 10.9 Å². The molecule has 2 rings (SSSR count). The largest absolute Gasteiger partial charge is 0.294 e. The highest BCUT2D eigenvalue weighted by Gasteiger charge is 2.18. The highest BCUT2D eigenvalue weighted by molar-refractivity contribution is 5.95. The van der Waals surface area contributed by atoms with Gasteiger partial charge in [0.25, 0.3) is 0 Å². The molecule has 1 aromatic rings. The Morgan fingerprint density at radius 3 is 2.72 bits per heavy atom. The third-order valence-corrected chi connectivity index (χ3v) is 3.86. The van der Waals surface area contributed by atoms with Gasteiger partial charge in [-0.1, -0.05) is 45.4 Å². The number of nitrogens with zero attached hydrogens (tertiary/aromatic N) is 2. The van der Waals surface area contributed by atoms with Crippen molar-refractivity contribution in [2.75, 3.05) is 0 Å². The van der Waals surface area contributed by atoms with Crippen molar-refractivity contribution in [3.63, 3.8) is 0 Å². The van der Waals surface area contributed by atoms with Crippen molar-refractivity contribution in [3.05, 3.63) is 18.0 Å². The zero-order chi connectivity index (χ0) is 12.8. The van der Waals surface area contributed by atoms with Crippen molar-refractivity contribution in [1.29, 1.82) is 0 Å². The van der Waals surface area contributed by atoms with Crippen LogP contribution in [-0.2, 0) is 6.54 Å². The first kappa shape index (κ1) is 13.3. The van der Waals surface area contributed by atoms with Gasteiger partial charge in [0.1, 0.15) is 0 Å². The van der Waals surface area contributed by atoms with E-state index in [-0.39, 0.29) is 5.78 Å². The maximum Gasteiger partial charge on any atom is 0.166 e. The smallest absolute Gasteiger partial charge is 0.166 e. The van der Waals surface area contributed by atoms with E-state index in [0.29, 0.717) is 5.92 Å². The minimum absolute atomic E-state index is 0.282. The lowest BCUT2D eigenvalue weighted by Crippen LogP contribution is -2.08. The molecule has 0 saturated heterocycles. The Morgan fingerprint density at radius 2 is 2.06 bits per heavy atom. The van der Waals surface area contributed by atoms with E-state index >= 15 is 0 Å². The first-order valence-corrected chi connectivity index (χ1v) is 7.35. The zero-order valence-corrected chi connectivity index (χ0v) is 11.4. The Balaban J connectivity index is 1.89. The lowest BCUT2D eigenvalue weighted by atomic mass is 9.93. The van der Waals surface area contributed by atoms with Crippen molar-refractivity contribution in [2.45, 2.75) is 64.8 Å². The van der Waals surface area contributed by atoms with Gasteiger partial charge in [0, 0.05) is 19.2 Å². The fourth-order valence-corrected chi connectivity index (χ4v) is 2.81. The molecule has 100 valence electrons. The van der Waals surface area contributed by atoms with Crippen LogP contribution in [0.4, 0.5) is 0 Å². The topological polar surface area (TPSA) is 34.9 Å². The molecule has 18 heavy (non-hydrogen) atoms. The van der Waals surface area contributed by atoms with Crippen molar-refractivity contribution >= 4 is 5.78 Å². The Kier molecular flexibility index (Phi) is 4.97. The molecule has 0 N–H and O–H groups in total. The summed E-state index contributed by atoms with van der Waals surface area (Å²) in [4.78, 5) is 12.2. The average Bonchev–Trinajstić information content (AvgIpc) is 2.67. The van der Waals surface area contributed by atoms with Crippen molar-refractivity contribution in [1.82, 2.24) is 9.78 Å². The van der Waals surface area contributed by atoms with E-state index in [4.69, 9.17) is 0 Å². The van der Waals surface area contributed by atoms with Crippen LogP contribution in [0.2, 0.25) is 0 Å². The number of aryl methyl sites for hydroxylation is 1. The fourth-order valence-electron chi connectivity index (χ4n) is 2.81. The van der Waals surface area contributed by atoms with Gasteiger partial charge < -0.3 is 0 Å². The predicted molar refractivity (Wildman–Crippen MR) is 72.7 cm³/mol. The molecule has 1 aliphatic carbocycles. The highest BCUT2D eigenvalue weighted by Crippen LogP contribution is 2.26. The van der Waals surface area contributed by atoms with E-state index in [0.717, 1.165) is 24.9 Å². The summed E-state index contributed by atoms with van der Waals surface area (Å²) in [6.07, 6.45) is 13.2. The number of hydrogen-bond acceptors (Lipinski definition) is 2. The molecule has 0 amide bonds. The first-order chi connectivity index (χ1) is 8.79. The van der Waals surface area contributed by atoms with Crippen LogP contribution in [-0.4, -0.2) is 15.6 Å². The summed E-state index contributed by atoms with van der Waals surface area (Å²) in [5.41, 5.74) is 0.799. The molecular weight excluding hydrogens is 224 g/mol. The van der Waals surface area contributed by atoms with Gasteiger partial charge in [0.05, 0.1) is 11.8 Å². The van der Waals surface area contributed by atoms with Crippen LogP contribution in [0.5, 0.6) is 0 Å².